The van der Waals surface area contributed by atoms with E-state index in [4.69, 9.17) is 9.47 Å². The van der Waals surface area contributed by atoms with Gasteiger partial charge in [-0.2, -0.15) is 0 Å². The molecule has 1 atom stereocenters. The van der Waals surface area contributed by atoms with Crippen LogP contribution in [0.2, 0.25) is 0 Å². The molecule has 1 unspecified atom stereocenters. The summed E-state index contributed by atoms with van der Waals surface area (Å²) < 4.78 is 11.3. The molecule has 1 amide bonds. The second-order valence-electron chi connectivity index (χ2n) is 6.95. The van der Waals surface area contributed by atoms with Crippen LogP contribution in [0.4, 0.5) is 0 Å². The molecule has 1 fully saturated rings. The quantitative estimate of drug-likeness (QED) is 0.683. The van der Waals surface area contributed by atoms with Crippen LogP contribution >= 0.6 is 0 Å². The zero-order valence-electron chi connectivity index (χ0n) is 14.7. The summed E-state index contributed by atoms with van der Waals surface area (Å²) in [5.41, 5.74) is 1.14. The molecule has 3 rings (SSSR count). The second kappa shape index (κ2) is 8.41. The molecule has 0 saturated heterocycles. The highest BCUT2D eigenvalue weighted by Gasteiger charge is 2.34. The van der Waals surface area contributed by atoms with E-state index in [2.05, 4.69) is 18.3 Å². The molecule has 4 heteroatoms. The predicted octanol–water partition coefficient (Wildman–Crippen LogP) is 4.39. The van der Waals surface area contributed by atoms with Gasteiger partial charge in [-0.05, 0) is 42.9 Å². The molecule has 1 heterocycles. The fourth-order valence-corrected chi connectivity index (χ4v) is 3.29. The molecule has 2 aliphatic rings. The van der Waals surface area contributed by atoms with Crippen LogP contribution in [0.3, 0.4) is 0 Å². The minimum Gasteiger partial charge on any atom is -0.486 e. The molecule has 4 nitrogen and oxygen atoms in total. The van der Waals surface area contributed by atoms with Crippen molar-refractivity contribution in [3.05, 3.63) is 23.8 Å². The first-order valence-electron chi connectivity index (χ1n) is 9.47. The van der Waals surface area contributed by atoms with E-state index < -0.39 is 0 Å². The Bertz CT molecular complexity index is 554. The van der Waals surface area contributed by atoms with Crippen molar-refractivity contribution >= 4 is 5.91 Å². The van der Waals surface area contributed by atoms with Gasteiger partial charge in [0.1, 0.15) is 13.2 Å². The normalized spacial score (nSPS) is 17.4. The summed E-state index contributed by atoms with van der Waals surface area (Å²) in [6, 6.07) is 6.19. The van der Waals surface area contributed by atoms with Crippen molar-refractivity contribution in [2.24, 2.45) is 5.92 Å². The van der Waals surface area contributed by atoms with Crippen molar-refractivity contribution in [2.45, 2.75) is 64.3 Å². The number of hydrogen-bond acceptors (Lipinski definition) is 3. The highest BCUT2D eigenvalue weighted by atomic mass is 16.6. The number of benzene rings is 1. The van der Waals surface area contributed by atoms with Gasteiger partial charge in [-0.25, -0.2) is 0 Å². The summed E-state index contributed by atoms with van der Waals surface area (Å²) in [5, 5.41) is 3.26. The SMILES string of the molecule is CCCCCCCC(=O)NC(c1ccc2c(c1)OCCO2)C1CC1. The van der Waals surface area contributed by atoms with Gasteiger partial charge < -0.3 is 14.8 Å². The highest BCUT2D eigenvalue weighted by Crippen LogP contribution is 2.43. The van der Waals surface area contributed by atoms with Crippen LogP contribution < -0.4 is 14.8 Å². The van der Waals surface area contributed by atoms with E-state index in [1.165, 1.54) is 32.1 Å². The van der Waals surface area contributed by atoms with Gasteiger partial charge >= 0.3 is 0 Å². The number of amides is 1. The Hall–Kier alpha value is -1.71. The van der Waals surface area contributed by atoms with Gasteiger partial charge in [-0.15, -0.1) is 0 Å². The van der Waals surface area contributed by atoms with E-state index in [0.717, 1.165) is 29.9 Å². The summed E-state index contributed by atoms with van der Waals surface area (Å²) in [6.07, 6.45) is 8.90. The average Bonchev–Trinajstić information content (AvgIpc) is 3.44. The molecule has 0 aromatic heterocycles. The summed E-state index contributed by atoms with van der Waals surface area (Å²) >= 11 is 0. The molecule has 1 saturated carbocycles. The smallest absolute Gasteiger partial charge is 0.220 e. The number of ether oxygens (including phenoxy) is 2. The number of unbranched alkanes of at least 4 members (excludes halogenated alkanes) is 4. The van der Waals surface area contributed by atoms with Crippen LogP contribution in [-0.2, 0) is 4.79 Å². The van der Waals surface area contributed by atoms with Crippen molar-refractivity contribution in [1.29, 1.82) is 0 Å². The largest absolute Gasteiger partial charge is 0.486 e. The van der Waals surface area contributed by atoms with E-state index >= 15 is 0 Å². The first-order valence-corrected chi connectivity index (χ1v) is 9.47. The van der Waals surface area contributed by atoms with Crippen LogP contribution in [0, 0.1) is 5.92 Å². The number of carbonyl (C=O) groups excluding carboxylic acids is 1. The molecule has 0 spiro atoms. The number of rotatable bonds is 9. The minimum absolute atomic E-state index is 0.115. The summed E-state index contributed by atoms with van der Waals surface area (Å²) in [7, 11) is 0. The third-order valence-corrected chi connectivity index (χ3v) is 4.84. The lowest BCUT2D eigenvalue weighted by molar-refractivity contribution is -0.122. The lowest BCUT2D eigenvalue weighted by Gasteiger charge is -2.23. The Morgan fingerprint density at radius 1 is 1.12 bits per heavy atom. The van der Waals surface area contributed by atoms with Gasteiger partial charge in [-0.3, -0.25) is 4.79 Å². The van der Waals surface area contributed by atoms with Crippen LogP contribution in [0.15, 0.2) is 18.2 Å². The van der Waals surface area contributed by atoms with E-state index in [-0.39, 0.29) is 11.9 Å². The maximum absolute atomic E-state index is 12.3. The fourth-order valence-electron chi connectivity index (χ4n) is 3.29. The third-order valence-electron chi connectivity index (χ3n) is 4.84. The second-order valence-corrected chi connectivity index (χ2v) is 6.95. The molecule has 1 aromatic carbocycles. The Balaban J connectivity index is 1.56. The lowest BCUT2D eigenvalue weighted by Crippen LogP contribution is -2.29. The number of hydrogen-bond donors (Lipinski definition) is 1. The molecule has 24 heavy (non-hydrogen) atoms. The molecular weight excluding hydrogens is 302 g/mol. The molecule has 1 aromatic rings. The molecule has 1 aliphatic heterocycles. The number of nitrogens with one attached hydrogen (secondary N) is 1. The topological polar surface area (TPSA) is 47.6 Å². The Kier molecular flexibility index (Phi) is 6.00. The number of carbonyl (C=O) groups is 1. The van der Waals surface area contributed by atoms with Gasteiger partial charge in [0, 0.05) is 6.42 Å². The lowest BCUT2D eigenvalue weighted by atomic mass is 10.0. The van der Waals surface area contributed by atoms with E-state index in [1.807, 2.05) is 12.1 Å². The van der Waals surface area contributed by atoms with Crippen LogP contribution in [0.25, 0.3) is 0 Å². The maximum atomic E-state index is 12.3. The monoisotopic (exact) mass is 331 g/mol. The maximum Gasteiger partial charge on any atom is 0.220 e. The fraction of sp³-hybridized carbons (Fsp3) is 0.650. The van der Waals surface area contributed by atoms with E-state index in [9.17, 15) is 4.79 Å². The Morgan fingerprint density at radius 2 is 1.88 bits per heavy atom. The van der Waals surface area contributed by atoms with E-state index in [0.29, 0.717) is 25.6 Å². The molecule has 0 radical (unpaired) electrons. The highest BCUT2D eigenvalue weighted by molar-refractivity contribution is 5.76. The van der Waals surface area contributed by atoms with Crippen molar-refractivity contribution in [1.82, 2.24) is 5.32 Å². The van der Waals surface area contributed by atoms with Gasteiger partial charge in [0.2, 0.25) is 5.91 Å². The molecule has 132 valence electrons. The first-order chi connectivity index (χ1) is 11.8. The third kappa shape index (κ3) is 4.65. The van der Waals surface area contributed by atoms with Crippen LogP contribution in [0.5, 0.6) is 11.5 Å². The van der Waals surface area contributed by atoms with Crippen molar-refractivity contribution in [3.63, 3.8) is 0 Å². The molecular formula is C20H29NO3. The van der Waals surface area contributed by atoms with Crippen molar-refractivity contribution < 1.29 is 14.3 Å². The average molecular weight is 331 g/mol. The number of fused-ring (bicyclic) bond motifs is 1. The zero-order valence-corrected chi connectivity index (χ0v) is 14.7. The van der Waals surface area contributed by atoms with Gasteiger partial charge in [0.25, 0.3) is 0 Å². The summed E-state index contributed by atoms with van der Waals surface area (Å²) in [4.78, 5) is 12.3. The Labute approximate surface area is 144 Å². The minimum atomic E-state index is 0.115. The molecule has 0 bridgehead atoms. The van der Waals surface area contributed by atoms with Crippen LogP contribution in [0.1, 0.15) is 69.9 Å². The van der Waals surface area contributed by atoms with Gasteiger partial charge in [0.15, 0.2) is 11.5 Å². The molecule has 1 N–H and O–H groups in total. The van der Waals surface area contributed by atoms with E-state index in [1.54, 1.807) is 0 Å². The Morgan fingerprint density at radius 3 is 2.62 bits per heavy atom. The summed E-state index contributed by atoms with van der Waals surface area (Å²) in [6.45, 7) is 3.40. The summed E-state index contributed by atoms with van der Waals surface area (Å²) in [5.74, 6) is 2.36. The van der Waals surface area contributed by atoms with Crippen molar-refractivity contribution in [2.75, 3.05) is 13.2 Å². The zero-order chi connectivity index (χ0) is 16.8. The molecule has 1 aliphatic carbocycles. The first kappa shape index (κ1) is 17.1. The standard InChI is InChI=1S/C20H29NO3/c1-2-3-4-5-6-7-19(22)21-20(15-8-9-15)16-10-11-17-18(14-16)24-13-12-23-17/h10-11,14-15,20H,2-9,12-13H2,1H3,(H,21,22). The van der Waals surface area contributed by atoms with Gasteiger partial charge in [-0.1, -0.05) is 38.7 Å². The van der Waals surface area contributed by atoms with Gasteiger partial charge in [0.05, 0.1) is 6.04 Å². The predicted molar refractivity (Wildman–Crippen MR) is 94.4 cm³/mol. The van der Waals surface area contributed by atoms with Crippen molar-refractivity contribution in [3.8, 4) is 11.5 Å². The van der Waals surface area contributed by atoms with Crippen LogP contribution in [-0.4, -0.2) is 19.1 Å².